The van der Waals surface area contributed by atoms with Gasteiger partial charge < -0.3 is 15.2 Å². The first kappa shape index (κ1) is 13.5. The van der Waals surface area contributed by atoms with Crippen molar-refractivity contribution in [3.63, 3.8) is 0 Å². The van der Waals surface area contributed by atoms with E-state index in [1.165, 1.54) is 0 Å². The number of aliphatic hydroxyl groups is 1. The first-order valence-corrected chi connectivity index (χ1v) is 5.85. The Morgan fingerprint density at radius 3 is 2.76 bits per heavy atom. The minimum atomic E-state index is -0.464. The zero-order chi connectivity index (χ0) is 12.5. The van der Waals surface area contributed by atoms with Gasteiger partial charge in [0.25, 0.3) is 0 Å². The number of amides is 1. The summed E-state index contributed by atoms with van der Waals surface area (Å²) in [4.78, 5) is 11.4. The number of aliphatic hydroxyl groups excluding tert-OH is 1. The van der Waals surface area contributed by atoms with Crippen molar-refractivity contribution >= 4 is 5.91 Å². The van der Waals surface area contributed by atoms with E-state index < -0.39 is 6.10 Å². The predicted octanol–water partition coefficient (Wildman–Crippen LogP) is 1.34. The van der Waals surface area contributed by atoms with E-state index in [-0.39, 0.29) is 5.91 Å². The zero-order valence-corrected chi connectivity index (χ0v) is 10.1. The predicted molar refractivity (Wildman–Crippen MR) is 65.9 cm³/mol. The van der Waals surface area contributed by atoms with Crippen molar-refractivity contribution in [3.05, 3.63) is 30.3 Å². The largest absolute Gasteiger partial charge is 0.493 e. The molecule has 4 heteroatoms. The van der Waals surface area contributed by atoms with Gasteiger partial charge in [-0.15, -0.1) is 0 Å². The molecule has 0 spiro atoms. The third kappa shape index (κ3) is 5.92. The molecule has 1 unspecified atom stereocenters. The smallest absolute Gasteiger partial charge is 0.223 e. The lowest BCUT2D eigenvalue weighted by molar-refractivity contribution is -0.122. The first-order chi connectivity index (χ1) is 8.22. The topological polar surface area (TPSA) is 58.6 Å². The van der Waals surface area contributed by atoms with Crippen LogP contribution in [0.15, 0.2) is 30.3 Å². The lowest BCUT2D eigenvalue weighted by Crippen LogP contribution is -2.32. The van der Waals surface area contributed by atoms with Crippen LogP contribution < -0.4 is 10.1 Å². The average molecular weight is 237 g/mol. The molecule has 2 N–H and O–H groups in total. The molecule has 0 saturated heterocycles. The van der Waals surface area contributed by atoms with Gasteiger partial charge in [-0.25, -0.2) is 0 Å². The average Bonchev–Trinajstić information content (AvgIpc) is 2.37. The molecule has 0 fully saturated rings. The zero-order valence-electron chi connectivity index (χ0n) is 10.1. The minimum Gasteiger partial charge on any atom is -0.493 e. The van der Waals surface area contributed by atoms with Crippen LogP contribution in [0.5, 0.6) is 5.75 Å². The highest BCUT2D eigenvalue weighted by atomic mass is 16.5. The molecule has 1 aromatic carbocycles. The van der Waals surface area contributed by atoms with Crippen molar-refractivity contribution in [2.45, 2.75) is 25.9 Å². The number of benzene rings is 1. The Kier molecular flexibility index (Phi) is 6.10. The van der Waals surface area contributed by atoms with Crippen LogP contribution in [0.2, 0.25) is 0 Å². The maximum absolute atomic E-state index is 11.4. The lowest BCUT2D eigenvalue weighted by atomic mass is 10.3. The maximum Gasteiger partial charge on any atom is 0.223 e. The molecule has 0 aromatic heterocycles. The van der Waals surface area contributed by atoms with Gasteiger partial charge in [-0.05, 0) is 18.6 Å². The summed E-state index contributed by atoms with van der Waals surface area (Å²) in [5.74, 6) is 0.655. The number of rotatable bonds is 7. The van der Waals surface area contributed by atoms with Gasteiger partial charge in [-0.1, -0.05) is 25.1 Å². The second-order valence-corrected chi connectivity index (χ2v) is 3.78. The number of ether oxygens (including phenoxy) is 1. The summed E-state index contributed by atoms with van der Waals surface area (Å²) in [5, 5.41) is 11.9. The number of hydrogen-bond donors (Lipinski definition) is 2. The van der Waals surface area contributed by atoms with Gasteiger partial charge >= 0.3 is 0 Å². The lowest BCUT2D eigenvalue weighted by Gasteiger charge is -2.10. The highest BCUT2D eigenvalue weighted by molar-refractivity contribution is 5.75. The first-order valence-electron chi connectivity index (χ1n) is 5.85. The summed E-state index contributed by atoms with van der Waals surface area (Å²) in [7, 11) is 0. The molecule has 1 aromatic rings. The fraction of sp³-hybridized carbons (Fsp3) is 0.462. The van der Waals surface area contributed by atoms with Gasteiger partial charge in [0.05, 0.1) is 19.1 Å². The fourth-order valence-corrected chi connectivity index (χ4v) is 1.24. The second kappa shape index (κ2) is 7.68. The highest BCUT2D eigenvalue weighted by Crippen LogP contribution is 2.08. The normalized spacial score (nSPS) is 11.9. The van der Waals surface area contributed by atoms with Crippen LogP contribution in [0.4, 0.5) is 0 Å². The van der Waals surface area contributed by atoms with Crippen molar-refractivity contribution in [2.24, 2.45) is 0 Å². The van der Waals surface area contributed by atoms with E-state index in [0.29, 0.717) is 26.0 Å². The fourth-order valence-electron chi connectivity index (χ4n) is 1.24. The van der Waals surface area contributed by atoms with E-state index in [4.69, 9.17) is 4.74 Å². The molecule has 0 aliphatic heterocycles. The van der Waals surface area contributed by atoms with Crippen molar-refractivity contribution in [3.8, 4) is 5.75 Å². The summed E-state index contributed by atoms with van der Waals surface area (Å²) < 4.78 is 5.39. The van der Waals surface area contributed by atoms with Crippen molar-refractivity contribution in [2.75, 3.05) is 13.2 Å². The van der Waals surface area contributed by atoms with Crippen LogP contribution in [0, 0.1) is 0 Å². The molecular weight excluding hydrogens is 218 g/mol. The Morgan fingerprint density at radius 2 is 2.12 bits per heavy atom. The summed E-state index contributed by atoms with van der Waals surface area (Å²) in [6, 6.07) is 9.36. The van der Waals surface area contributed by atoms with Crippen molar-refractivity contribution < 1.29 is 14.6 Å². The molecule has 1 atom stereocenters. The third-order valence-corrected chi connectivity index (χ3v) is 2.35. The Labute approximate surface area is 102 Å². The van der Waals surface area contributed by atoms with Gasteiger partial charge in [-0.3, -0.25) is 4.79 Å². The Bertz CT molecular complexity index is 327. The van der Waals surface area contributed by atoms with Gasteiger partial charge in [0.2, 0.25) is 5.91 Å². The van der Waals surface area contributed by atoms with Gasteiger partial charge in [0.1, 0.15) is 5.75 Å². The van der Waals surface area contributed by atoms with Crippen LogP contribution in [-0.2, 0) is 4.79 Å². The third-order valence-electron chi connectivity index (χ3n) is 2.35. The van der Waals surface area contributed by atoms with Gasteiger partial charge in [-0.2, -0.15) is 0 Å². The quantitative estimate of drug-likeness (QED) is 0.752. The number of nitrogens with one attached hydrogen (secondary N) is 1. The second-order valence-electron chi connectivity index (χ2n) is 3.78. The van der Waals surface area contributed by atoms with Crippen LogP contribution in [0.25, 0.3) is 0 Å². The molecule has 0 aliphatic carbocycles. The monoisotopic (exact) mass is 237 g/mol. The molecule has 0 aliphatic rings. The van der Waals surface area contributed by atoms with E-state index in [1.54, 1.807) is 0 Å². The van der Waals surface area contributed by atoms with Gasteiger partial charge in [0.15, 0.2) is 0 Å². The number of carbonyl (C=O) groups is 1. The molecule has 1 rings (SSSR count). The molecule has 0 heterocycles. The SMILES string of the molecule is CCC(O)CNC(=O)CCOc1ccccc1. The molecule has 1 amide bonds. The summed E-state index contributed by atoms with van der Waals surface area (Å²) >= 11 is 0. The van der Waals surface area contributed by atoms with Crippen molar-refractivity contribution in [1.29, 1.82) is 0 Å². The molecule has 94 valence electrons. The molecule has 0 saturated carbocycles. The number of hydrogen-bond acceptors (Lipinski definition) is 3. The summed E-state index contributed by atoms with van der Waals surface area (Å²) in [5.41, 5.74) is 0. The number of para-hydroxylation sites is 1. The van der Waals surface area contributed by atoms with Crippen LogP contribution >= 0.6 is 0 Å². The van der Waals surface area contributed by atoms with E-state index in [1.807, 2.05) is 37.3 Å². The van der Waals surface area contributed by atoms with Crippen molar-refractivity contribution in [1.82, 2.24) is 5.32 Å². The van der Waals surface area contributed by atoms with Crippen LogP contribution in [-0.4, -0.2) is 30.3 Å². The minimum absolute atomic E-state index is 0.103. The van der Waals surface area contributed by atoms with Gasteiger partial charge in [0, 0.05) is 6.54 Å². The summed E-state index contributed by atoms with van der Waals surface area (Å²) in [6.07, 6.45) is 0.473. The molecule has 17 heavy (non-hydrogen) atoms. The summed E-state index contributed by atoms with van der Waals surface area (Å²) in [6.45, 7) is 2.52. The van der Waals surface area contributed by atoms with E-state index in [2.05, 4.69) is 5.32 Å². The number of carbonyl (C=O) groups excluding carboxylic acids is 1. The standard InChI is InChI=1S/C13H19NO3/c1-2-11(15)10-14-13(16)8-9-17-12-6-4-3-5-7-12/h3-7,11,15H,2,8-10H2,1H3,(H,14,16). The van der Waals surface area contributed by atoms with Crippen LogP contribution in [0.3, 0.4) is 0 Å². The Morgan fingerprint density at radius 1 is 1.41 bits per heavy atom. The molecule has 0 bridgehead atoms. The van der Waals surface area contributed by atoms with E-state index in [9.17, 15) is 9.90 Å². The molecular formula is C13H19NO3. The molecule has 0 radical (unpaired) electrons. The Hall–Kier alpha value is -1.55. The van der Waals surface area contributed by atoms with E-state index >= 15 is 0 Å². The Balaban J connectivity index is 2.12. The van der Waals surface area contributed by atoms with Crippen LogP contribution in [0.1, 0.15) is 19.8 Å². The molecule has 4 nitrogen and oxygen atoms in total. The highest BCUT2D eigenvalue weighted by Gasteiger charge is 2.05. The maximum atomic E-state index is 11.4. The van der Waals surface area contributed by atoms with E-state index in [0.717, 1.165) is 5.75 Å².